The summed E-state index contributed by atoms with van der Waals surface area (Å²) in [5.74, 6) is 0.890. The highest BCUT2D eigenvalue weighted by molar-refractivity contribution is 5.94. The molecule has 0 bridgehead atoms. The molecule has 1 amide bonds. The number of aryl methyl sites for hydroxylation is 1. The van der Waals surface area contributed by atoms with E-state index in [9.17, 15) is 4.79 Å². The van der Waals surface area contributed by atoms with E-state index in [2.05, 4.69) is 20.7 Å². The van der Waals surface area contributed by atoms with Gasteiger partial charge in [0.2, 0.25) is 0 Å². The van der Waals surface area contributed by atoms with Gasteiger partial charge in [-0.25, -0.2) is 5.43 Å². The molecular weight excluding hydrogens is 356 g/mol. The number of hydrogen-bond donors (Lipinski definition) is 2. The molecule has 1 heterocycles. The van der Waals surface area contributed by atoms with Crippen LogP contribution in [0.3, 0.4) is 0 Å². The van der Waals surface area contributed by atoms with Crippen molar-refractivity contribution in [1.82, 2.24) is 15.6 Å². The van der Waals surface area contributed by atoms with Crippen LogP contribution in [-0.4, -0.2) is 36.0 Å². The van der Waals surface area contributed by atoms with Crippen LogP contribution in [0.2, 0.25) is 0 Å². The average Bonchev–Trinajstić information content (AvgIpc) is 3.20. The third-order valence-electron chi connectivity index (χ3n) is 4.04. The van der Waals surface area contributed by atoms with Crippen molar-refractivity contribution < 1.29 is 14.3 Å². The molecule has 0 saturated heterocycles. The van der Waals surface area contributed by atoms with Crippen LogP contribution in [0.15, 0.2) is 53.6 Å². The van der Waals surface area contributed by atoms with Crippen molar-refractivity contribution in [3.63, 3.8) is 0 Å². The molecule has 0 saturated carbocycles. The molecule has 0 aliphatic heterocycles. The second-order valence-electron chi connectivity index (χ2n) is 6.08. The van der Waals surface area contributed by atoms with E-state index in [0.717, 1.165) is 16.7 Å². The molecule has 7 heteroatoms. The minimum Gasteiger partial charge on any atom is -0.493 e. The van der Waals surface area contributed by atoms with Crippen LogP contribution >= 0.6 is 0 Å². The Labute approximate surface area is 163 Å². The Morgan fingerprint density at radius 2 is 1.96 bits per heavy atom. The molecule has 0 aliphatic rings. The van der Waals surface area contributed by atoms with Gasteiger partial charge in [0.1, 0.15) is 5.69 Å². The van der Waals surface area contributed by atoms with E-state index in [1.165, 1.54) is 6.21 Å². The highest BCUT2D eigenvalue weighted by Crippen LogP contribution is 2.27. The number of H-pyrrole nitrogens is 1. The van der Waals surface area contributed by atoms with Crippen LogP contribution in [0, 0.1) is 6.92 Å². The van der Waals surface area contributed by atoms with Crippen LogP contribution in [0.25, 0.3) is 11.3 Å². The summed E-state index contributed by atoms with van der Waals surface area (Å²) in [6.07, 6.45) is 1.54. The lowest BCUT2D eigenvalue weighted by Crippen LogP contribution is -2.18. The number of hydrazone groups is 1. The first-order valence-electron chi connectivity index (χ1n) is 8.87. The normalized spacial score (nSPS) is 10.8. The summed E-state index contributed by atoms with van der Waals surface area (Å²) in [6, 6.07) is 15.0. The number of benzene rings is 2. The number of nitrogens with zero attached hydrogens (tertiary/aromatic N) is 2. The molecule has 2 aromatic carbocycles. The summed E-state index contributed by atoms with van der Waals surface area (Å²) in [5, 5.41) is 10.9. The number of amides is 1. The maximum Gasteiger partial charge on any atom is 0.289 e. The van der Waals surface area contributed by atoms with Gasteiger partial charge in [-0.15, -0.1) is 0 Å². The molecule has 1 aromatic heterocycles. The largest absolute Gasteiger partial charge is 0.493 e. The summed E-state index contributed by atoms with van der Waals surface area (Å²) in [5.41, 5.74) is 6.39. The predicted octanol–water partition coefficient (Wildman–Crippen LogP) is 3.56. The Kier molecular flexibility index (Phi) is 6.06. The van der Waals surface area contributed by atoms with Gasteiger partial charge in [0.15, 0.2) is 11.5 Å². The topological polar surface area (TPSA) is 88.6 Å². The van der Waals surface area contributed by atoms with Crippen LogP contribution < -0.4 is 14.9 Å². The lowest BCUT2D eigenvalue weighted by atomic mass is 10.1. The van der Waals surface area contributed by atoms with Gasteiger partial charge in [-0.3, -0.25) is 9.89 Å². The molecule has 28 heavy (non-hydrogen) atoms. The fourth-order valence-corrected chi connectivity index (χ4v) is 2.58. The Hall–Kier alpha value is -3.61. The Bertz CT molecular complexity index is 978. The molecule has 0 aliphatic carbocycles. The van der Waals surface area contributed by atoms with Crippen molar-refractivity contribution in [3.05, 3.63) is 65.4 Å². The van der Waals surface area contributed by atoms with Gasteiger partial charge in [-0.2, -0.15) is 10.2 Å². The van der Waals surface area contributed by atoms with Gasteiger partial charge in [-0.1, -0.05) is 29.8 Å². The zero-order valence-corrected chi connectivity index (χ0v) is 16.0. The molecule has 0 fully saturated rings. The Balaban J connectivity index is 1.65. The number of aromatic amines is 1. The SMILES string of the molecule is CCOc1ccc(/C=N/NC(=O)c2cc(-c3ccc(C)cc3)n[nH]2)cc1OC. The van der Waals surface area contributed by atoms with Crippen LogP contribution in [0.5, 0.6) is 11.5 Å². The fraction of sp³-hybridized carbons (Fsp3) is 0.190. The predicted molar refractivity (Wildman–Crippen MR) is 108 cm³/mol. The van der Waals surface area contributed by atoms with Gasteiger partial charge in [0, 0.05) is 5.56 Å². The quantitative estimate of drug-likeness (QED) is 0.486. The molecule has 7 nitrogen and oxygen atoms in total. The second-order valence-corrected chi connectivity index (χ2v) is 6.08. The molecule has 144 valence electrons. The monoisotopic (exact) mass is 378 g/mol. The van der Waals surface area contributed by atoms with Crippen molar-refractivity contribution in [1.29, 1.82) is 0 Å². The second kappa shape index (κ2) is 8.85. The van der Waals surface area contributed by atoms with Gasteiger partial charge in [0.25, 0.3) is 5.91 Å². The number of hydrogen-bond acceptors (Lipinski definition) is 5. The molecule has 0 spiro atoms. The number of ether oxygens (including phenoxy) is 2. The maximum absolute atomic E-state index is 12.3. The Morgan fingerprint density at radius 1 is 1.18 bits per heavy atom. The third-order valence-corrected chi connectivity index (χ3v) is 4.04. The van der Waals surface area contributed by atoms with Crippen molar-refractivity contribution in [2.45, 2.75) is 13.8 Å². The van der Waals surface area contributed by atoms with E-state index in [0.29, 0.717) is 29.5 Å². The first-order chi connectivity index (χ1) is 13.6. The minimum absolute atomic E-state index is 0.331. The zero-order valence-electron chi connectivity index (χ0n) is 16.0. The number of rotatable bonds is 7. The molecular formula is C21H22N4O3. The highest BCUT2D eigenvalue weighted by atomic mass is 16.5. The van der Waals surface area contributed by atoms with Gasteiger partial charge < -0.3 is 9.47 Å². The zero-order chi connectivity index (χ0) is 19.9. The average molecular weight is 378 g/mol. The van der Waals surface area contributed by atoms with E-state index in [1.54, 1.807) is 25.3 Å². The lowest BCUT2D eigenvalue weighted by molar-refractivity contribution is 0.0950. The number of carbonyl (C=O) groups excluding carboxylic acids is 1. The van der Waals surface area contributed by atoms with Gasteiger partial charge in [0.05, 0.1) is 25.6 Å². The van der Waals surface area contributed by atoms with Crippen molar-refractivity contribution >= 4 is 12.1 Å². The molecule has 3 aromatic rings. The first-order valence-corrected chi connectivity index (χ1v) is 8.87. The summed E-state index contributed by atoms with van der Waals surface area (Å²) in [7, 11) is 1.57. The molecule has 3 rings (SSSR count). The van der Waals surface area contributed by atoms with Crippen molar-refractivity contribution in [2.75, 3.05) is 13.7 Å². The highest BCUT2D eigenvalue weighted by Gasteiger charge is 2.10. The van der Waals surface area contributed by atoms with E-state index in [-0.39, 0.29) is 5.91 Å². The van der Waals surface area contributed by atoms with E-state index >= 15 is 0 Å². The fourth-order valence-electron chi connectivity index (χ4n) is 2.58. The van der Waals surface area contributed by atoms with Crippen molar-refractivity contribution in [2.24, 2.45) is 5.10 Å². The van der Waals surface area contributed by atoms with E-state index in [4.69, 9.17) is 9.47 Å². The minimum atomic E-state index is -0.375. The maximum atomic E-state index is 12.3. The number of methoxy groups -OCH3 is 1. The van der Waals surface area contributed by atoms with Gasteiger partial charge >= 0.3 is 0 Å². The molecule has 0 atom stereocenters. The lowest BCUT2D eigenvalue weighted by Gasteiger charge is -2.09. The number of aromatic nitrogens is 2. The molecule has 0 unspecified atom stereocenters. The van der Waals surface area contributed by atoms with Crippen LogP contribution in [0.4, 0.5) is 0 Å². The third kappa shape index (κ3) is 4.56. The van der Waals surface area contributed by atoms with E-state index in [1.807, 2.05) is 44.2 Å². The van der Waals surface area contributed by atoms with Crippen LogP contribution in [-0.2, 0) is 0 Å². The first kappa shape index (κ1) is 19.2. The number of nitrogens with one attached hydrogen (secondary N) is 2. The summed E-state index contributed by atoms with van der Waals surface area (Å²) in [6.45, 7) is 4.48. The van der Waals surface area contributed by atoms with E-state index < -0.39 is 0 Å². The Morgan fingerprint density at radius 3 is 2.68 bits per heavy atom. The summed E-state index contributed by atoms with van der Waals surface area (Å²) < 4.78 is 10.8. The summed E-state index contributed by atoms with van der Waals surface area (Å²) >= 11 is 0. The molecule has 2 N–H and O–H groups in total. The van der Waals surface area contributed by atoms with Crippen molar-refractivity contribution in [3.8, 4) is 22.8 Å². The summed E-state index contributed by atoms with van der Waals surface area (Å²) in [4.78, 5) is 12.3. The van der Waals surface area contributed by atoms with Gasteiger partial charge in [-0.05, 0) is 43.7 Å². The smallest absolute Gasteiger partial charge is 0.289 e. The molecule has 0 radical (unpaired) electrons. The number of carbonyl (C=O) groups is 1. The van der Waals surface area contributed by atoms with Crippen LogP contribution in [0.1, 0.15) is 28.5 Å². The standard InChI is InChI=1S/C21H22N4O3/c1-4-28-19-10-7-15(11-20(19)27-3)13-22-25-21(26)18-12-17(23-24-18)16-8-5-14(2)6-9-16/h5-13H,4H2,1-3H3,(H,23,24)(H,25,26)/b22-13+.